The van der Waals surface area contributed by atoms with E-state index in [1.54, 1.807) is 18.2 Å². The van der Waals surface area contributed by atoms with Crippen LogP contribution in [0.25, 0.3) is 0 Å². The number of halogens is 3. The van der Waals surface area contributed by atoms with Crippen LogP contribution in [0.3, 0.4) is 0 Å². The zero-order chi connectivity index (χ0) is 22.6. The molecular formula is C22H19Cl2FN2O3S. The van der Waals surface area contributed by atoms with Crippen molar-refractivity contribution >= 4 is 44.8 Å². The van der Waals surface area contributed by atoms with Crippen LogP contribution in [0.15, 0.2) is 71.6 Å². The van der Waals surface area contributed by atoms with Crippen molar-refractivity contribution in [1.82, 2.24) is 4.31 Å². The predicted octanol–water partition coefficient (Wildman–Crippen LogP) is 5.27. The maximum atomic E-state index is 13.3. The quantitative estimate of drug-likeness (QED) is 0.500. The van der Waals surface area contributed by atoms with E-state index in [0.29, 0.717) is 16.3 Å². The number of amides is 1. The van der Waals surface area contributed by atoms with Crippen LogP contribution in [0.2, 0.25) is 10.0 Å². The van der Waals surface area contributed by atoms with Crippen molar-refractivity contribution < 1.29 is 17.6 Å². The van der Waals surface area contributed by atoms with E-state index in [1.807, 2.05) is 6.92 Å². The minimum absolute atomic E-state index is 0.0533. The van der Waals surface area contributed by atoms with Crippen molar-refractivity contribution in [1.29, 1.82) is 0 Å². The van der Waals surface area contributed by atoms with Crippen LogP contribution in [-0.2, 0) is 21.4 Å². The molecule has 1 N–H and O–H groups in total. The van der Waals surface area contributed by atoms with Crippen molar-refractivity contribution in [2.24, 2.45) is 0 Å². The van der Waals surface area contributed by atoms with Gasteiger partial charge in [0.1, 0.15) is 5.82 Å². The molecule has 31 heavy (non-hydrogen) atoms. The number of sulfonamides is 1. The minimum atomic E-state index is -4.01. The maximum absolute atomic E-state index is 13.3. The van der Waals surface area contributed by atoms with Gasteiger partial charge < -0.3 is 5.32 Å². The Balaban J connectivity index is 1.88. The van der Waals surface area contributed by atoms with Crippen LogP contribution in [0.5, 0.6) is 0 Å². The molecule has 0 unspecified atom stereocenters. The molecule has 0 radical (unpaired) electrons. The van der Waals surface area contributed by atoms with E-state index in [-0.39, 0.29) is 16.5 Å². The zero-order valence-corrected chi connectivity index (χ0v) is 18.8. The summed E-state index contributed by atoms with van der Waals surface area (Å²) in [5, 5.41) is 3.23. The highest BCUT2D eigenvalue weighted by molar-refractivity contribution is 7.89. The molecule has 3 aromatic carbocycles. The number of anilines is 1. The van der Waals surface area contributed by atoms with Gasteiger partial charge >= 0.3 is 0 Å². The molecule has 0 heterocycles. The highest BCUT2D eigenvalue weighted by Crippen LogP contribution is 2.26. The van der Waals surface area contributed by atoms with E-state index in [4.69, 9.17) is 23.2 Å². The Hall–Kier alpha value is -2.45. The van der Waals surface area contributed by atoms with Crippen LogP contribution in [0, 0.1) is 12.7 Å². The van der Waals surface area contributed by atoms with Gasteiger partial charge in [0, 0.05) is 11.6 Å². The van der Waals surface area contributed by atoms with Crippen LogP contribution >= 0.6 is 23.2 Å². The number of aryl methyl sites for hydroxylation is 1. The first kappa shape index (κ1) is 23.2. The van der Waals surface area contributed by atoms with E-state index in [9.17, 15) is 17.6 Å². The molecule has 0 saturated heterocycles. The lowest BCUT2D eigenvalue weighted by Gasteiger charge is -2.22. The van der Waals surface area contributed by atoms with E-state index < -0.39 is 28.3 Å². The normalized spacial score (nSPS) is 11.5. The van der Waals surface area contributed by atoms with Gasteiger partial charge in [-0.05, 0) is 55.0 Å². The summed E-state index contributed by atoms with van der Waals surface area (Å²) >= 11 is 12.0. The summed E-state index contributed by atoms with van der Waals surface area (Å²) in [7, 11) is -4.01. The summed E-state index contributed by atoms with van der Waals surface area (Å²) in [6.45, 7) is 1.26. The predicted molar refractivity (Wildman–Crippen MR) is 120 cm³/mol. The van der Waals surface area contributed by atoms with E-state index >= 15 is 0 Å². The Kier molecular flexibility index (Phi) is 7.33. The molecule has 162 valence electrons. The molecule has 0 aliphatic carbocycles. The molecule has 9 heteroatoms. The molecule has 3 aromatic rings. The summed E-state index contributed by atoms with van der Waals surface area (Å²) < 4.78 is 40.8. The smallest absolute Gasteiger partial charge is 0.243 e. The number of hydrogen-bond acceptors (Lipinski definition) is 3. The largest absolute Gasteiger partial charge is 0.324 e. The van der Waals surface area contributed by atoms with Gasteiger partial charge in [-0.25, -0.2) is 12.8 Å². The van der Waals surface area contributed by atoms with Crippen LogP contribution in [0.1, 0.15) is 11.1 Å². The average molecular weight is 481 g/mol. The molecule has 3 rings (SSSR count). The Morgan fingerprint density at radius 2 is 1.65 bits per heavy atom. The number of benzene rings is 3. The first-order valence-electron chi connectivity index (χ1n) is 9.21. The summed E-state index contributed by atoms with van der Waals surface area (Å²) in [6, 6.07) is 16.3. The second-order valence-corrected chi connectivity index (χ2v) is 9.67. The lowest BCUT2D eigenvalue weighted by Crippen LogP contribution is -2.37. The fourth-order valence-electron chi connectivity index (χ4n) is 2.82. The van der Waals surface area contributed by atoms with Crippen molar-refractivity contribution in [2.45, 2.75) is 18.4 Å². The van der Waals surface area contributed by atoms with Crippen LogP contribution in [0.4, 0.5) is 10.1 Å². The first-order valence-corrected chi connectivity index (χ1v) is 11.4. The second-order valence-electron chi connectivity index (χ2n) is 6.88. The fraction of sp³-hybridized carbons (Fsp3) is 0.136. The minimum Gasteiger partial charge on any atom is -0.324 e. The van der Waals surface area contributed by atoms with Gasteiger partial charge in [-0.1, -0.05) is 53.0 Å². The molecule has 0 bridgehead atoms. The van der Waals surface area contributed by atoms with Gasteiger partial charge in [-0.3, -0.25) is 4.79 Å². The van der Waals surface area contributed by atoms with Crippen molar-refractivity contribution in [3.05, 3.63) is 93.7 Å². The Bertz CT molecular complexity index is 1180. The summed E-state index contributed by atoms with van der Waals surface area (Å²) in [6.07, 6.45) is 0. The van der Waals surface area contributed by atoms with Gasteiger partial charge in [-0.15, -0.1) is 0 Å². The topological polar surface area (TPSA) is 66.5 Å². The van der Waals surface area contributed by atoms with Crippen LogP contribution in [-0.4, -0.2) is 25.2 Å². The Morgan fingerprint density at radius 3 is 2.26 bits per heavy atom. The third-order valence-electron chi connectivity index (χ3n) is 4.46. The molecule has 0 spiro atoms. The zero-order valence-electron chi connectivity index (χ0n) is 16.5. The Labute approximate surface area is 190 Å². The number of nitrogens with one attached hydrogen (secondary N) is 1. The van der Waals surface area contributed by atoms with Gasteiger partial charge in [-0.2, -0.15) is 4.31 Å². The summed E-state index contributed by atoms with van der Waals surface area (Å²) in [4.78, 5) is 12.7. The fourth-order valence-corrected chi connectivity index (χ4v) is 4.66. The molecule has 0 aliphatic heterocycles. The number of carbonyl (C=O) groups excluding carboxylic acids is 1. The second kappa shape index (κ2) is 9.78. The lowest BCUT2D eigenvalue weighted by molar-refractivity contribution is -0.116. The molecule has 0 atom stereocenters. The van der Waals surface area contributed by atoms with Crippen molar-refractivity contribution in [2.75, 3.05) is 11.9 Å². The molecule has 0 aromatic heterocycles. The SMILES string of the molecule is Cc1ccc(S(=O)(=O)N(CC(=O)Nc2ccc(Cl)cc2Cl)Cc2ccc(F)cc2)cc1. The van der Waals surface area contributed by atoms with Crippen molar-refractivity contribution in [3.8, 4) is 0 Å². The van der Waals surface area contributed by atoms with Gasteiger partial charge in [0.15, 0.2) is 0 Å². The third-order valence-corrected chi connectivity index (χ3v) is 6.81. The number of nitrogens with zero attached hydrogens (tertiary/aromatic N) is 1. The highest BCUT2D eigenvalue weighted by atomic mass is 35.5. The van der Waals surface area contributed by atoms with Gasteiger partial charge in [0.25, 0.3) is 0 Å². The van der Waals surface area contributed by atoms with Gasteiger partial charge in [0.2, 0.25) is 15.9 Å². The van der Waals surface area contributed by atoms with Crippen LogP contribution < -0.4 is 5.32 Å². The number of carbonyl (C=O) groups is 1. The molecular weight excluding hydrogens is 462 g/mol. The van der Waals surface area contributed by atoms with E-state index in [2.05, 4.69) is 5.32 Å². The monoisotopic (exact) mass is 480 g/mol. The number of hydrogen-bond donors (Lipinski definition) is 1. The summed E-state index contributed by atoms with van der Waals surface area (Å²) in [5.74, 6) is -1.02. The third kappa shape index (κ3) is 6.04. The highest BCUT2D eigenvalue weighted by Gasteiger charge is 2.27. The van der Waals surface area contributed by atoms with E-state index in [0.717, 1.165) is 9.87 Å². The lowest BCUT2D eigenvalue weighted by atomic mass is 10.2. The molecule has 0 saturated carbocycles. The molecule has 5 nitrogen and oxygen atoms in total. The molecule has 0 aliphatic rings. The van der Waals surface area contributed by atoms with Gasteiger partial charge in [0.05, 0.1) is 22.2 Å². The Morgan fingerprint density at radius 1 is 1.00 bits per heavy atom. The molecule has 0 fully saturated rings. The first-order chi connectivity index (χ1) is 14.6. The average Bonchev–Trinajstić information content (AvgIpc) is 2.71. The maximum Gasteiger partial charge on any atom is 0.243 e. The standard InChI is InChI=1S/C22H19Cl2FN2O3S/c1-15-2-9-19(10-3-15)31(29,30)27(13-16-4-7-18(25)8-5-16)14-22(28)26-21-11-6-17(23)12-20(21)24/h2-12H,13-14H2,1H3,(H,26,28). The number of rotatable bonds is 7. The summed E-state index contributed by atoms with van der Waals surface area (Å²) in [5.41, 5.74) is 1.75. The van der Waals surface area contributed by atoms with E-state index in [1.165, 1.54) is 48.5 Å². The van der Waals surface area contributed by atoms with Crippen molar-refractivity contribution in [3.63, 3.8) is 0 Å². The molecule has 1 amide bonds.